The number of hydrazine groups is 1. The van der Waals surface area contributed by atoms with E-state index in [1.54, 1.807) is 32.2 Å². The molecule has 1 aromatic heterocycles. The monoisotopic (exact) mass is 472 g/mol. The molecule has 2 heterocycles. The second-order valence-electron chi connectivity index (χ2n) is 7.51. The number of primary amides is 1. The summed E-state index contributed by atoms with van der Waals surface area (Å²) < 4.78 is 5.47. The first-order valence-electron chi connectivity index (χ1n) is 10.6. The number of aliphatic hydroxyl groups excluding tert-OH is 1. The van der Waals surface area contributed by atoms with Crippen molar-refractivity contribution in [2.75, 3.05) is 25.6 Å². The number of benzene rings is 1. The summed E-state index contributed by atoms with van der Waals surface area (Å²) in [6, 6.07) is 8.41. The second-order valence-corrected chi connectivity index (χ2v) is 7.51. The van der Waals surface area contributed by atoms with Crippen molar-refractivity contribution in [3.05, 3.63) is 52.7 Å². The van der Waals surface area contributed by atoms with Crippen molar-refractivity contribution in [3.63, 3.8) is 0 Å². The number of anilines is 1. The highest BCUT2D eigenvalue weighted by Gasteiger charge is 2.23. The Balaban J connectivity index is 0.00000129. The fraction of sp³-hybridized carbons (Fsp3) is 0.364. The van der Waals surface area contributed by atoms with Crippen LogP contribution < -0.4 is 27.5 Å². The number of fused-ring (bicyclic) bond motifs is 1. The van der Waals surface area contributed by atoms with Gasteiger partial charge in [0, 0.05) is 13.1 Å². The van der Waals surface area contributed by atoms with Gasteiger partial charge in [-0.05, 0) is 48.9 Å². The van der Waals surface area contributed by atoms with Crippen molar-refractivity contribution in [1.29, 1.82) is 0 Å². The molecule has 0 spiro atoms. The van der Waals surface area contributed by atoms with Crippen LogP contribution in [0, 0.1) is 0 Å². The van der Waals surface area contributed by atoms with Crippen molar-refractivity contribution in [2.24, 2.45) is 22.5 Å². The minimum Gasteiger partial charge on any atom is -0.496 e. The number of rotatable bonds is 7. The quantitative estimate of drug-likeness (QED) is 0.121. The van der Waals surface area contributed by atoms with E-state index < -0.39 is 6.04 Å². The van der Waals surface area contributed by atoms with E-state index in [2.05, 4.69) is 33.0 Å². The average Bonchev–Trinajstić information content (AvgIpc) is 3.26. The maximum Gasteiger partial charge on any atom is 0.260 e. The number of hydrogen-bond donors (Lipinski definition) is 5. The zero-order valence-electron chi connectivity index (χ0n) is 19.6. The van der Waals surface area contributed by atoms with Gasteiger partial charge in [0.2, 0.25) is 6.41 Å². The second kappa shape index (κ2) is 12.5. The van der Waals surface area contributed by atoms with Gasteiger partial charge in [0.15, 0.2) is 5.84 Å². The van der Waals surface area contributed by atoms with Crippen LogP contribution in [0.15, 0.2) is 35.4 Å². The Morgan fingerprint density at radius 2 is 2.03 bits per heavy atom. The normalized spacial score (nSPS) is 13.9. The van der Waals surface area contributed by atoms with Gasteiger partial charge in [0.1, 0.15) is 17.3 Å². The summed E-state index contributed by atoms with van der Waals surface area (Å²) in [6.45, 7) is 6.23. The lowest BCUT2D eigenvalue weighted by atomic mass is 10.0. The molecule has 0 saturated carbocycles. The summed E-state index contributed by atoms with van der Waals surface area (Å²) in [5, 5.41) is 17.1. The largest absolute Gasteiger partial charge is 0.496 e. The summed E-state index contributed by atoms with van der Waals surface area (Å²) in [5.74, 6) is 12.2. The van der Waals surface area contributed by atoms with E-state index in [9.17, 15) is 9.90 Å². The Hall–Kier alpha value is -3.74. The van der Waals surface area contributed by atoms with Crippen LogP contribution >= 0.6 is 0 Å². The molecule has 0 radical (unpaired) electrons. The molecular formula is C22H32N8O4. The number of amidine groups is 1. The van der Waals surface area contributed by atoms with Crippen molar-refractivity contribution in [3.8, 4) is 5.75 Å². The molecule has 0 saturated heterocycles. The maximum absolute atomic E-state index is 13.0. The number of nitrogens with two attached hydrogens (primary N) is 3. The standard InChI is InChI=1S/C21H29N7O3.CH3NO/c1-4-27-10-14-8-16(18(31-3)9-15(14)11-27)21(30)25-19-7-5-6-17(24-19)20(26-22)28(23)13(2)12-29;2-1-3/h5-9,13,29H,4,10-12,22-23H2,1-3H3,(H,24,25,30);1H,(H2,2,3)/b26-20-;. The SMILES string of the molecule is CCN1Cc2cc(OC)c(C(=O)Nc3cccc(/C(=N/N)N(N)C(C)CO)n3)cc2C1.NC=O. The highest BCUT2D eigenvalue weighted by Crippen LogP contribution is 2.30. The van der Waals surface area contributed by atoms with Crippen molar-refractivity contribution < 1.29 is 19.4 Å². The zero-order chi connectivity index (χ0) is 25.3. The summed E-state index contributed by atoms with van der Waals surface area (Å²) in [4.78, 5) is 28.3. The number of ether oxygens (including phenoxy) is 1. The minimum atomic E-state index is -0.416. The van der Waals surface area contributed by atoms with Gasteiger partial charge in [-0.1, -0.05) is 13.0 Å². The number of aromatic nitrogens is 1. The molecule has 0 aliphatic carbocycles. The van der Waals surface area contributed by atoms with Crippen LogP contribution in [0.2, 0.25) is 0 Å². The van der Waals surface area contributed by atoms with E-state index in [4.69, 9.17) is 21.2 Å². The molecule has 0 bridgehead atoms. The van der Waals surface area contributed by atoms with E-state index in [0.29, 0.717) is 22.8 Å². The molecule has 2 amide bonds. The molecule has 1 aliphatic heterocycles. The van der Waals surface area contributed by atoms with E-state index in [0.717, 1.165) is 25.2 Å². The van der Waals surface area contributed by atoms with Crippen molar-refractivity contribution in [1.82, 2.24) is 14.9 Å². The van der Waals surface area contributed by atoms with Gasteiger partial charge in [-0.2, -0.15) is 5.10 Å². The molecule has 1 unspecified atom stereocenters. The third-order valence-electron chi connectivity index (χ3n) is 5.33. The van der Waals surface area contributed by atoms with Gasteiger partial charge < -0.3 is 26.7 Å². The average molecular weight is 473 g/mol. The fourth-order valence-electron chi connectivity index (χ4n) is 3.44. The van der Waals surface area contributed by atoms with E-state index in [1.165, 1.54) is 10.6 Å². The van der Waals surface area contributed by atoms with Crippen LogP contribution in [0.4, 0.5) is 5.82 Å². The molecule has 1 aliphatic rings. The molecule has 34 heavy (non-hydrogen) atoms. The Morgan fingerprint density at radius 1 is 1.38 bits per heavy atom. The third-order valence-corrected chi connectivity index (χ3v) is 5.33. The Kier molecular flexibility index (Phi) is 9.74. The van der Waals surface area contributed by atoms with Crippen LogP contribution in [0.5, 0.6) is 5.75 Å². The molecular weight excluding hydrogens is 440 g/mol. The number of hydrogen-bond acceptors (Lipinski definition) is 9. The molecule has 184 valence electrons. The summed E-state index contributed by atoms with van der Waals surface area (Å²) in [7, 11) is 1.55. The van der Waals surface area contributed by atoms with Gasteiger partial charge in [-0.15, -0.1) is 0 Å². The zero-order valence-corrected chi connectivity index (χ0v) is 19.6. The van der Waals surface area contributed by atoms with Gasteiger partial charge in [0.25, 0.3) is 5.91 Å². The predicted octanol–water partition coefficient (Wildman–Crippen LogP) is -0.0437. The number of hydrazone groups is 1. The summed E-state index contributed by atoms with van der Waals surface area (Å²) in [6.07, 6.45) is 0.250. The molecule has 12 heteroatoms. The van der Waals surface area contributed by atoms with Crippen LogP contribution in [-0.4, -0.2) is 64.5 Å². The molecule has 2 aromatic rings. The fourth-order valence-corrected chi connectivity index (χ4v) is 3.44. The third kappa shape index (κ3) is 6.19. The molecule has 1 atom stereocenters. The lowest BCUT2D eigenvalue weighted by molar-refractivity contribution is -0.106. The number of carbonyl (C=O) groups is 2. The highest BCUT2D eigenvalue weighted by atomic mass is 16.5. The number of aliphatic hydroxyl groups is 1. The summed E-state index contributed by atoms with van der Waals surface area (Å²) in [5.41, 5.74) is 7.25. The van der Waals surface area contributed by atoms with Gasteiger partial charge >= 0.3 is 0 Å². The first kappa shape index (κ1) is 26.5. The Morgan fingerprint density at radius 3 is 2.59 bits per heavy atom. The van der Waals surface area contributed by atoms with E-state index in [-0.39, 0.29) is 24.8 Å². The van der Waals surface area contributed by atoms with Crippen molar-refractivity contribution >= 4 is 24.0 Å². The Labute approximate surface area is 198 Å². The molecule has 8 N–H and O–H groups in total. The number of carbonyl (C=O) groups excluding carboxylic acids is 2. The first-order valence-corrected chi connectivity index (χ1v) is 10.6. The highest BCUT2D eigenvalue weighted by molar-refractivity contribution is 6.06. The van der Waals surface area contributed by atoms with Crippen LogP contribution in [-0.2, 0) is 17.9 Å². The topological polar surface area (TPSA) is 185 Å². The van der Waals surface area contributed by atoms with Crippen LogP contribution in [0.25, 0.3) is 0 Å². The maximum atomic E-state index is 13.0. The van der Waals surface area contributed by atoms with Gasteiger partial charge in [0.05, 0.1) is 25.3 Å². The van der Waals surface area contributed by atoms with Gasteiger partial charge in [-0.3, -0.25) is 19.5 Å². The van der Waals surface area contributed by atoms with Crippen LogP contribution in [0.3, 0.4) is 0 Å². The smallest absolute Gasteiger partial charge is 0.260 e. The number of methoxy groups -OCH3 is 1. The molecule has 0 fully saturated rings. The number of pyridine rings is 1. The first-order chi connectivity index (χ1) is 16.3. The number of amides is 2. The molecule has 1 aromatic carbocycles. The van der Waals surface area contributed by atoms with E-state index >= 15 is 0 Å². The minimum absolute atomic E-state index is 0.181. The number of nitrogens with zero attached hydrogens (tertiary/aromatic N) is 4. The lowest BCUT2D eigenvalue weighted by Crippen LogP contribution is -2.47. The lowest BCUT2D eigenvalue weighted by Gasteiger charge is -2.25. The Bertz CT molecular complexity index is 1030. The van der Waals surface area contributed by atoms with Gasteiger partial charge in [-0.25, -0.2) is 10.8 Å². The molecule has 3 rings (SSSR count). The summed E-state index contributed by atoms with van der Waals surface area (Å²) >= 11 is 0. The number of nitrogens with one attached hydrogen (secondary N) is 1. The van der Waals surface area contributed by atoms with Crippen LogP contribution in [0.1, 0.15) is 41.0 Å². The van der Waals surface area contributed by atoms with E-state index in [1.807, 2.05) is 12.1 Å². The molecule has 12 nitrogen and oxygen atoms in total. The predicted molar refractivity (Wildman–Crippen MR) is 129 cm³/mol. The van der Waals surface area contributed by atoms with Crippen molar-refractivity contribution in [2.45, 2.75) is 33.0 Å².